The summed E-state index contributed by atoms with van der Waals surface area (Å²) in [5, 5.41) is 2.18. The molecule has 3 N–H and O–H groups in total. The van der Waals surface area contributed by atoms with Crippen molar-refractivity contribution >= 4 is 5.91 Å². The van der Waals surface area contributed by atoms with Gasteiger partial charge < -0.3 is 15.8 Å². The number of rotatable bonds is 6. The van der Waals surface area contributed by atoms with E-state index in [1.54, 1.807) is 0 Å². The molecule has 1 aliphatic rings. The van der Waals surface area contributed by atoms with Crippen molar-refractivity contribution in [1.29, 1.82) is 0 Å². The monoisotopic (exact) mass is 250 g/mol. The van der Waals surface area contributed by atoms with Crippen molar-refractivity contribution in [2.75, 3.05) is 13.1 Å². The summed E-state index contributed by atoms with van der Waals surface area (Å²) in [5.74, 6) is -3.39. The van der Waals surface area contributed by atoms with Crippen LogP contribution in [0, 0.1) is 0 Å². The molecule has 100 valence electrons. The Morgan fingerprint density at radius 1 is 1.53 bits per heavy atom. The molecule has 1 aliphatic heterocycles. The minimum absolute atomic E-state index is 0.0887. The molecule has 1 fully saturated rings. The van der Waals surface area contributed by atoms with E-state index in [1.165, 1.54) is 0 Å². The first kappa shape index (κ1) is 14.3. The average molecular weight is 250 g/mol. The fraction of sp³-hybridized carbons (Fsp3) is 0.909. The first-order chi connectivity index (χ1) is 7.93. The first-order valence-electron chi connectivity index (χ1n) is 5.93. The van der Waals surface area contributed by atoms with Gasteiger partial charge in [-0.15, -0.1) is 0 Å². The van der Waals surface area contributed by atoms with Gasteiger partial charge in [0.15, 0.2) is 0 Å². The van der Waals surface area contributed by atoms with Crippen LogP contribution in [-0.2, 0) is 9.53 Å². The van der Waals surface area contributed by atoms with Crippen molar-refractivity contribution in [3.05, 3.63) is 0 Å². The lowest BCUT2D eigenvalue weighted by Crippen LogP contribution is -2.41. The summed E-state index contributed by atoms with van der Waals surface area (Å²) in [6.07, 6.45) is 3.07. The van der Waals surface area contributed by atoms with Gasteiger partial charge in [-0.1, -0.05) is 0 Å². The Hall–Kier alpha value is -0.750. The molecule has 0 radical (unpaired) electrons. The Bertz CT molecular complexity index is 262. The van der Waals surface area contributed by atoms with Crippen molar-refractivity contribution in [2.45, 2.75) is 50.7 Å². The quantitative estimate of drug-likeness (QED) is 0.740. The summed E-state index contributed by atoms with van der Waals surface area (Å²) in [5.41, 5.74) is 4.86. The van der Waals surface area contributed by atoms with Gasteiger partial charge >= 0.3 is 0 Å². The number of hydrogen-bond acceptors (Lipinski definition) is 3. The van der Waals surface area contributed by atoms with Crippen molar-refractivity contribution < 1.29 is 18.3 Å². The van der Waals surface area contributed by atoms with Crippen molar-refractivity contribution in [3.8, 4) is 0 Å². The van der Waals surface area contributed by atoms with E-state index in [1.807, 2.05) is 6.92 Å². The highest BCUT2D eigenvalue weighted by molar-refractivity contribution is 5.75. The third kappa shape index (κ3) is 5.41. The Morgan fingerprint density at radius 3 is 2.76 bits per heavy atom. The molecule has 0 spiro atoms. The molecule has 1 heterocycles. The number of hydrogen-bond donors (Lipinski definition) is 2. The minimum atomic E-state index is -3.02. The van der Waals surface area contributed by atoms with E-state index >= 15 is 0 Å². The lowest BCUT2D eigenvalue weighted by Gasteiger charge is -2.15. The summed E-state index contributed by atoms with van der Waals surface area (Å²) in [6, 6.07) is 0. The summed E-state index contributed by atoms with van der Waals surface area (Å²) in [6.45, 7) is 0.544. The maximum Gasteiger partial charge on any atom is 0.277 e. The lowest BCUT2D eigenvalue weighted by molar-refractivity contribution is -0.123. The van der Waals surface area contributed by atoms with Crippen molar-refractivity contribution in [1.82, 2.24) is 5.32 Å². The molecule has 1 amide bonds. The molecular weight excluding hydrogens is 230 g/mol. The zero-order valence-corrected chi connectivity index (χ0v) is 10.0. The fourth-order valence-electron chi connectivity index (χ4n) is 1.78. The standard InChI is InChI=1S/C11H20F2N2O2/c1-8-2-3-9(17-8)4-5-10(16)15-7-11(12,13)6-14/h8-9H,2-7,14H2,1H3,(H,15,16). The normalized spacial score (nSPS) is 24.9. The molecule has 17 heavy (non-hydrogen) atoms. The van der Waals surface area contributed by atoms with E-state index in [4.69, 9.17) is 10.5 Å². The Balaban J connectivity index is 2.13. The number of carbonyl (C=O) groups is 1. The van der Waals surface area contributed by atoms with E-state index in [2.05, 4.69) is 5.32 Å². The van der Waals surface area contributed by atoms with E-state index in [9.17, 15) is 13.6 Å². The van der Waals surface area contributed by atoms with Gasteiger partial charge in [0.25, 0.3) is 5.92 Å². The molecule has 1 rings (SSSR count). The molecule has 2 atom stereocenters. The maximum atomic E-state index is 12.7. The van der Waals surface area contributed by atoms with Crippen molar-refractivity contribution in [3.63, 3.8) is 0 Å². The van der Waals surface area contributed by atoms with Gasteiger partial charge in [0.2, 0.25) is 5.91 Å². The number of carbonyl (C=O) groups excluding carboxylic acids is 1. The summed E-state index contributed by atoms with van der Waals surface area (Å²) in [7, 11) is 0. The predicted octanol–water partition coefficient (Wildman–Crippen LogP) is 1.04. The zero-order valence-electron chi connectivity index (χ0n) is 10.0. The van der Waals surface area contributed by atoms with Crippen LogP contribution in [0.4, 0.5) is 8.78 Å². The Labute approximate surface area is 99.9 Å². The number of amides is 1. The molecule has 0 aliphatic carbocycles. The van der Waals surface area contributed by atoms with E-state index in [0.717, 1.165) is 12.8 Å². The fourth-order valence-corrected chi connectivity index (χ4v) is 1.78. The van der Waals surface area contributed by atoms with Crippen LogP contribution in [0.5, 0.6) is 0 Å². The van der Waals surface area contributed by atoms with Gasteiger partial charge in [0.1, 0.15) is 0 Å². The molecule has 1 saturated heterocycles. The molecule has 2 unspecified atom stereocenters. The van der Waals surface area contributed by atoms with Crippen LogP contribution in [0.3, 0.4) is 0 Å². The molecule has 0 saturated carbocycles. The Morgan fingerprint density at radius 2 is 2.24 bits per heavy atom. The van der Waals surface area contributed by atoms with Gasteiger partial charge in [-0.25, -0.2) is 8.78 Å². The summed E-state index contributed by atoms with van der Waals surface area (Å²) >= 11 is 0. The minimum Gasteiger partial charge on any atom is -0.375 e. The third-order valence-electron chi connectivity index (χ3n) is 2.86. The maximum absolute atomic E-state index is 12.7. The van der Waals surface area contributed by atoms with Gasteiger partial charge in [-0.2, -0.15) is 0 Å². The smallest absolute Gasteiger partial charge is 0.277 e. The molecule has 0 aromatic carbocycles. The van der Waals surface area contributed by atoms with Gasteiger partial charge in [0, 0.05) is 6.42 Å². The van der Waals surface area contributed by atoms with Crippen LogP contribution in [0.2, 0.25) is 0 Å². The molecule has 0 aromatic heterocycles. The predicted molar refractivity (Wildman–Crippen MR) is 59.8 cm³/mol. The van der Waals surface area contributed by atoms with Crippen LogP contribution in [-0.4, -0.2) is 37.1 Å². The van der Waals surface area contributed by atoms with Gasteiger partial charge in [-0.05, 0) is 26.2 Å². The summed E-state index contributed by atoms with van der Waals surface area (Å²) in [4.78, 5) is 11.3. The van der Waals surface area contributed by atoms with Crippen LogP contribution >= 0.6 is 0 Å². The second kappa shape index (κ2) is 6.26. The van der Waals surface area contributed by atoms with Crippen LogP contribution < -0.4 is 11.1 Å². The first-order valence-corrected chi connectivity index (χ1v) is 5.93. The molecule has 0 aromatic rings. The summed E-state index contributed by atoms with van der Waals surface area (Å²) < 4.78 is 31.0. The number of nitrogens with two attached hydrogens (primary N) is 1. The molecule has 6 heteroatoms. The van der Waals surface area contributed by atoms with E-state index in [-0.39, 0.29) is 24.5 Å². The average Bonchev–Trinajstić information content (AvgIpc) is 2.70. The molecular formula is C11H20F2N2O2. The highest BCUT2D eigenvalue weighted by Gasteiger charge is 2.27. The molecule has 4 nitrogen and oxygen atoms in total. The highest BCUT2D eigenvalue weighted by Crippen LogP contribution is 2.22. The van der Waals surface area contributed by atoms with E-state index in [0.29, 0.717) is 6.42 Å². The molecule has 0 bridgehead atoms. The second-order valence-electron chi connectivity index (χ2n) is 4.52. The largest absolute Gasteiger partial charge is 0.375 e. The third-order valence-corrected chi connectivity index (χ3v) is 2.86. The lowest BCUT2D eigenvalue weighted by atomic mass is 10.1. The van der Waals surface area contributed by atoms with Gasteiger partial charge in [0.05, 0.1) is 25.3 Å². The second-order valence-corrected chi connectivity index (χ2v) is 4.52. The SMILES string of the molecule is CC1CCC(CCC(=O)NCC(F)(F)CN)O1. The topological polar surface area (TPSA) is 64.4 Å². The number of nitrogens with one attached hydrogen (secondary N) is 1. The highest BCUT2D eigenvalue weighted by atomic mass is 19.3. The number of alkyl halides is 2. The number of ether oxygens (including phenoxy) is 1. The van der Waals surface area contributed by atoms with Gasteiger partial charge in [-0.3, -0.25) is 4.79 Å². The van der Waals surface area contributed by atoms with Crippen molar-refractivity contribution in [2.24, 2.45) is 5.73 Å². The Kier molecular flexibility index (Phi) is 5.27. The van der Waals surface area contributed by atoms with E-state index < -0.39 is 19.0 Å². The zero-order chi connectivity index (χ0) is 12.9. The van der Waals surface area contributed by atoms with Crippen LogP contribution in [0.25, 0.3) is 0 Å². The van der Waals surface area contributed by atoms with Crippen LogP contribution in [0.1, 0.15) is 32.6 Å². The van der Waals surface area contributed by atoms with Crippen LogP contribution in [0.15, 0.2) is 0 Å². The number of halogens is 2.